The molecular formula is C22H33FN2O4S. The Morgan fingerprint density at radius 3 is 2.33 bits per heavy atom. The van der Waals surface area contributed by atoms with Crippen LogP contribution in [0.3, 0.4) is 0 Å². The van der Waals surface area contributed by atoms with Gasteiger partial charge in [0.25, 0.3) is 0 Å². The van der Waals surface area contributed by atoms with Crippen molar-refractivity contribution in [3.05, 3.63) is 36.2 Å². The molecule has 0 aliphatic carbocycles. The summed E-state index contributed by atoms with van der Waals surface area (Å²) in [7, 11) is -3.43. The first-order valence-corrected chi connectivity index (χ1v) is 11.9. The largest absolute Gasteiger partial charge is 0.489 e. The van der Waals surface area contributed by atoms with Gasteiger partial charge in [0, 0.05) is 31.6 Å². The van der Waals surface area contributed by atoms with Gasteiger partial charge in [-0.2, -0.15) is 0 Å². The van der Waals surface area contributed by atoms with Gasteiger partial charge in [0.1, 0.15) is 12.4 Å². The number of rotatable bonds is 8. The summed E-state index contributed by atoms with van der Waals surface area (Å²) in [6.45, 7) is 7.40. The maximum absolute atomic E-state index is 12.8. The molecule has 0 radical (unpaired) electrons. The molecule has 0 spiro atoms. The van der Waals surface area contributed by atoms with Crippen LogP contribution in [-0.2, 0) is 14.6 Å². The lowest BCUT2D eigenvalue weighted by Crippen LogP contribution is -2.41. The van der Waals surface area contributed by atoms with Gasteiger partial charge in [0.2, 0.25) is 5.91 Å². The van der Waals surface area contributed by atoms with Crippen molar-refractivity contribution >= 4 is 15.7 Å². The molecule has 1 fully saturated rings. The van der Waals surface area contributed by atoms with Crippen LogP contribution in [0, 0.1) is 11.3 Å². The second-order valence-electron chi connectivity index (χ2n) is 9.07. The van der Waals surface area contributed by atoms with E-state index in [1.165, 1.54) is 12.1 Å². The van der Waals surface area contributed by atoms with Crippen molar-refractivity contribution in [3.8, 4) is 5.75 Å². The number of piperidine rings is 1. The summed E-state index contributed by atoms with van der Waals surface area (Å²) in [4.78, 5) is 14.4. The number of ether oxygens (including phenoxy) is 1. The van der Waals surface area contributed by atoms with Gasteiger partial charge in [0.15, 0.2) is 9.84 Å². The molecule has 1 heterocycles. The summed E-state index contributed by atoms with van der Waals surface area (Å²) in [5.41, 5.74) is 5.64. The number of benzene rings is 1. The Hall–Kier alpha value is -1.93. The molecule has 6 nitrogen and oxygen atoms in total. The molecule has 0 bridgehead atoms. The van der Waals surface area contributed by atoms with E-state index < -0.39 is 9.84 Å². The van der Waals surface area contributed by atoms with Crippen molar-refractivity contribution in [1.29, 1.82) is 0 Å². The number of carbonyl (C=O) groups is 1. The lowest BCUT2D eigenvalue weighted by atomic mass is 9.90. The van der Waals surface area contributed by atoms with E-state index in [9.17, 15) is 17.6 Å². The fourth-order valence-electron chi connectivity index (χ4n) is 3.38. The Labute approximate surface area is 179 Å². The number of carbonyl (C=O) groups excluding carboxylic acids is 1. The van der Waals surface area contributed by atoms with Crippen LogP contribution in [0.4, 0.5) is 4.39 Å². The Morgan fingerprint density at radius 2 is 1.83 bits per heavy atom. The second-order valence-corrected chi connectivity index (χ2v) is 11.1. The lowest BCUT2D eigenvalue weighted by Gasteiger charge is -2.33. The van der Waals surface area contributed by atoms with Crippen molar-refractivity contribution in [2.75, 3.05) is 32.0 Å². The van der Waals surface area contributed by atoms with Gasteiger partial charge >= 0.3 is 0 Å². The van der Waals surface area contributed by atoms with E-state index in [2.05, 4.69) is 0 Å². The predicted molar refractivity (Wildman–Crippen MR) is 116 cm³/mol. The molecule has 1 aromatic rings. The highest BCUT2D eigenvalue weighted by atomic mass is 32.2. The quantitative estimate of drug-likeness (QED) is 0.670. The molecule has 1 saturated heterocycles. The van der Waals surface area contributed by atoms with E-state index in [0.717, 1.165) is 0 Å². The lowest BCUT2D eigenvalue weighted by molar-refractivity contribution is -0.134. The van der Waals surface area contributed by atoms with Crippen molar-refractivity contribution in [2.24, 2.45) is 17.1 Å². The van der Waals surface area contributed by atoms with Crippen molar-refractivity contribution in [3.63, 3.8) is 0 Å². The average Bonchev–Trinajstić information content (AvgIpc) is 2.68. The Kier molecular flexibility index (Phi) is 8.43. The zero-order valence-corrected chi connectivity index (χ0v) is 18.9. The van der Waals surface area contributed by atoms with Gasteiger partial charge in [-0.15, -0.1) is 0 Å². The van der Waals surface area contributed by atoms with Crippen molar-refractivity contribution < 1.29 is 22.3 Å². The maximum Gasteiger partial charge on any atom is 0.223 e. The molecule has 1 aliphatic rings. The molecule has 2 rings (SSSR count). The van der Waals surface area contributed by atoms with Gasteiger partial charge in [-0.3, -0.25) is 4.79 Å². The highest BCUT2D eigenvalue weighted by molar-refractivity contribution is 7.91. The Morgan fingerprint density at radius 1 is 1.23 bits per heavy atom. The molecule has 8 heteroatoms. The van der Waals surface area contributed by atoms with Gasteiger partial charge in [0.05, 0.1) is 17.0 Å². The van der Waals surface area contributed by atoms with Crippen molar-refractivity contribution in [1.82, 2.24) is 4.90 Å². The standard InChI is InChI=1S/C22H33FN2O4S/c1-22(2,3)12-21(26)25-10-8-17(9-11-25)16-30(27,28)20-6-4-19(5-7-20)29-15-18(13-23)14-24/h4-7,13,17H,8-12,14-16,24H2,1-3H3/b18-13+. The third-order valence-corrected chi connectivity index (χ3v) is 7.03. The number of sulfone groups is 1. The third-order valence-electron chi connectivity index (χ3n) is 5.13. The molecule has 1 amide bonds. The number of hydrogen-bond acceptors (Lipinski definition) is 5. The zero-order valence-electron chi connectivity index (χ0n) is 18.1. The molecule has 0 atom stereocenters. The highest BCUT2D eigenvalue weighted by Gasteiger charge is 2.29. The number of nitrogens with two attached hydrogens (primary N) is 1. The average molecular weight is 441 g/mol. The first-order valence-electron chi connectivity index (χ1n) is 10.3. The van der Waals surface area contributed by atoms with Crippen molar-refractivity contribution in [2.45, 2.75) is 44.9 Å². The molecule has 1 aromatic carbocycles. The summed E-state index contributed by atoms with van der Waals surface area (Å²) < 4.78 is 43.5. The summed E-state index contributed by atoms with van der Waals surface area (Å²) in [5.74, 6) is 0.690. The monoisotopic (exact) mass is 440 g/mol. The summed E-state index contributed by atoms with van der Waals surface area (Å²) in [6, 6.07) is 6.14. The third kappa shape index (κ3) is 7.40. The van der Waals surface area contributed by atoms with E-state index in [-0.39, 0.29) is 41.0 Å². The molecule has 168 valence electrons. The minimum atomic E-state index is -3.43. The van der Waals surface area contributed by atoms with E-state index in [1.807, 2.05) is 25.7 Å². The number of halogens is 1. The fraction of sp³-hybridized carbons (Fsp3) is 0.591. The summed E-state index contributed by atoms with van der Waals surface area (Å²) in [5, 5.41) is 0. The van der Waals surface area contributed by atoms with Crippen LogP contribution in [0.25, 0.3) is 0 Å². The topological polar surface area (TPSA) is 89.7 Å². The minimum Gasteiger partial charge on any atom is -0.489 e. The van der Waals surface area contributed by atoms with E-state index >= 15 is 0 Å². The smallest absolute Gasteiger partial charge is 0.223 e. The van der Waals surface area contributed by atoms with E-state index in [4.69, 9.17) is 10.5 Å². The Balaban J connectivity index is 1.89. The van der Waals surface area contributed by atoms with Crippen LogP contribution in [0.2, 0.25) is 0 Å². The van der Waals surface area contributed by atoms with E-state index in [0.29, 0.717) is 50.0 Å². The molecule has 0 saturated carbocycles. The van der Waals surface area contributed by atoms with Crippen LogP contribution in [0.5, 0.6) is 5.75 Å². The summed E-state index contributed by atoms with van der Waals surface area (Å²) in [6.07, 6.45) is 2.29. The zero-order chi connectivity index (χ0) is 22.4. The van der Waals surface area contributed by atoms with Crippen LogP contribution in [0.1, 0.15) is 40.0 Å². The predicted octanol–water partition coefficient (Wildman–Crippen LogP) is 3.33. The number of amides is 1. The highest BCUT2D eigenvalue weighted by Crippen LogP contribution is 2.26. The van der Waals surface area contributed by atoms with Crippen LogP contribution in [0.15, 0.2) is 41.1 Å². The molecule has 1 aliphatic heterocycles. The number of hydrogen-bond donors (Lipinski definition) is 1. The van der Waals surface area contributed by atoms with Gasteiger partial charge in [-0.25, -0.2) is 12.8 Å². The van der Waals surface area contributed by atoms with Crippen LogP contribution < -0.4 is 10.5 Å². The molecular weight excluding hydrogens is 407 g/mol. The molecule has 0 unspecified atom stereocenters. The first-order chi connectivity index (χ1) is 14.0. The Bertz CT molecular complexity index is 837. The molecule has 0 aromatic heterocycles. The van der Waals surface area contributed by atoms with Crippen LogP contribution >= 0.6 is 0 Å². The summed E-state index contributed by atoms with van der Waals surface area (Å²) >= 11 is 0. The number of likely N-dealkylation sites (tertiary alicyclic amines) is 1. The van der Waals surface area contributed by atoms with Gasteiger partial charge in [-0.05, 0) is 48.4 Å². The minimum absolute atomic E-state index is 0.0194. The normalized spacial score (nSPS) is 16.6. The molecule has 2 N–H and O–H groups in total. The van der Waals surface area contributed by atoms with Crippen LogP contribution in [-0.4, -0.2) is 51.2 Å². The maximum atomic E-state index is 12.8. The number of nitrogens with zero attached hydrogens (tertiary/aromatic N) is 1. The SMILES string of the molecule is CC(C)(C)CC(=O)N1CCC(CS(=O)(=O)c2ccc(OC/C(=C/F)CN)cc2)CC1. The first kappa shape index (κ1) is 24.3. The second kappa shape index (κ2) is 10.4. The molecule has 30 heavy (non-hydrogen) atoms. The van der Waals surface area contributed by atoms with E-state index in [1.54, 1.807) is 12.1 Å². The van der Waals surface area contributed by atoms with Gasteiger partial charge < -0.3 is 15.4 Å². The fourth-order valence-corrected chi connectivity index (χ4v) is 5.07. The van der Waals surface area contributed by atoms with Gasteiger partial charge in [-0.1, -0.05) is 20.8 Å².